The molecule has 1 unspecified atom stereocenters. The molecular formula is C8H16NO5P. The van der Waals surface area contributed by atoms with E-state index < -0.39 is 7.82 Å². The van der Waals surface area contributed by atoms with Gasteiger partial charge in [0.1, 0.15) is 6.61 Å². The Bertz CT molecular complexity index is 289. The maximum Gasteiger partial charge on any atom is 0.529 e. The van der Waals surface area contributed by atoms with E-state index in [1.54, 1.807) is 14.1 Å². The third-order valence-corrected chi connectivity index (χ3v) is 2.76. The second-order valence-corrected chi connectivity index (χ2v) is 4.69. The highest BCUT2D eigenvalue weighted by Gasteiger charge is 2.27. The summed E-state index contributed by atoms with van der Waals surface area (Å²) < 4.78 is 25.7. The van der Waals surface area contributed by atoms with Crippen LogP contribution in [0.1, 0.15) is 6.92 Å². The van der Waals surface area contributed by atoms with Gasteiger partial charge in [0, 0.05) is 21.2 Å². The molecule has 1 atom stereocenters. The fraction of sp³-hybridized carbons (Fsp3) is 0.625. The van der Waals surface area contributed by atoms with Crippen LogP contribution >= 0.6 is 7.82 Å². The Hall–Kier alpha value is -0.840. The smallest absolute Gasteiger partial charge is 0.409 e. The molecule has 0 bridgehead atoms. The third-order valence-electron chi connectivity index (χ3n) is 1.34. The first-order valence-electron chi connectivity index (χ1n) is 4.16. The molecule has 0 spiro atoms. The molecule has 0 rings (SSSR count). The molecule has 0 radical (unpaired) electrons. The molecule has 0 aliphatic heterocycles. The molecule has 88 valence electrons. The average Bonchev–Trinajstić information content (AvgIpc) is 2.13. The molecule has 15 heavy (non-hydrogen) atoms. The largest absolute Gasteiger partial charge is 0.529 e. The van der Waals surface area contributed by atoms with E-state index in [9.17, 15) is 9.36 Å². The maximum atomic E-state index is 11.6. The van der Waals surface area contributed by atoms with Crippen LogP contribution in [0.15, 0.2) is 12.3 Å². The summed E-state index contributed by atoms with van der Waals surface area (Å²) in [6.45, 7) is 4.53. The minimum atomic E-state index is -3.70. The summed E-state index contributed by atoms with van der Waals surface area (Å²) in [5.74, 6) is -0.143. The van der Waals surface area contributed by atoms with E-state index in [2.05, 4.69) is 11.1 Å². The fourth-order valence-electron chi connectivity index (χ4n) is 0.571. The monoisotopic (exact) mass is 237 g/mol. The van der Waals surface area contributed by atoms with Crippen LogP contribution < -0.4 is 0 Å². The van der Waals surface area contributed by atoms with Gasteiger partial charge >= 0.3 is 7.82 Å². The standard InChI is InChI=1S/C8H16NO5P/c1-7(2)14-15(11,12-5)13-6-8(10)9(3)4/h1,6H2,2-5H3. The summed E-state index contributed by atoms with van der Waals surface area (Å²) in [6, 6.07) is 0. The van der Waals surface area contributed by atoms with Gasteiger partial charge < -0.3 is 9.42 Å². The van der Waals surface area contributed by atoms with E-state index in [4.69, 9.17) is 9.05 Å². The first-order chi connectivity index (χ1) is 6.80. The van der Waals surface area contributed by atoms with Gasteiger partial charge in [-0.2, -0.15) is 0 Å². The van der Waals surface area contributed by atoms with Crippen LogP contribution in [0.25, 0.3) is 0 Å². The first-order valence-corrected chi connectivity index (χ1v) is 5.62. The summed E-state index contributed by atoms with van der Waals surface area (Å²) in [5, 5.41) is 0. The van der Waals surface area contributed by atoms with Crippen molar-refractivity contribution < 1.29 is 22.9 Å². The SMILES string of the molecule is C=C(C)OP(=O)(OC)OCC(=O)N(C)C. The van der Waals surface area contributed by atoms with Gasteiger partial charge in [-0.05, 0) is 6.92 Å². The molecule has 0 heterocycles. The Morgan fingerprint density at radius 2 is 2.00 bits per heavy atom. The quantitative estimate of drug-likeness (QED) is 0.516. The molecule has 0 N–H and O–H groups in total. The zero-order chi connectivity index (χ0) is 12.1. The van der Waals surface area contributed by atoms with Crippen LogP contribution in [-0.2, 0) is 22.9 Å². The number of phosphoric ester groups is 1. The Balaban J connectivity index is 4.27. The van der Waals surface area contributed by atoms with Gasteiger partial charge in [0.15, 0.2) is 0 Å². The molecule has 7 heteroatoms. The van der Waals surface area contributed by atoms with Gasteiger partial charge in [-0.3, -0.25) is 13.8 Å². The van der Waals surface area contributed by atoms with Crippen molar-refractivity contribution in [1.82, 2.24) is 4.90 Å². The van der Waals surface area contributed by atoms with Crippen LogP contribution in [0, 0.1) is 0 Å². The molecule has 6 nitrogen and oxygen atoms in total. The summed E-state index contributed by atoms with van der Waals surface area (Å²) in [6.07, 6.45) is 0. The molecule has 0 saturated heterocycles. The zero-order valence-electron chi connectivity index (χ0n) is 9.35. The topological polar surface area (TPSA) is 65.1 Å². The molecule has 0 aromatic carbocycles. The van der Waals surface area contributed by atoms with Gasteiger partial charge in [-0.1, -0.05) is 6.58 Å². The minimum Gasteiger partial charge on any atom is -0.409 e. The lowest BCUT2D eigenvalue weighted by atomic mass is 10.6. The van der Waals surface area contributed by atoms with Gasteiger partial charge in [-0.15, -0.1) is 0 Å². The van der Waals surface area contributed by atoms with Gasteiger partial charge in [0.05, 0.1) is 5.76 Å². The number of nitrogens with zero attached hydrogens (tertiary/aromatic N) is 1. The lowest BCUT2D eigenvalue weighted by Crippen LogP contribution is -2.26. The average molecular weight is 237 g/mol. The van der Waals surface area contributed by atoms with Crippen LogP contribution in [0.2, 0.25) is 0 Å². The number of allylic oxidation sites excluding steroid dienone is 1. The predicted octanol–water partition coefficient (Wildman–Crippen LogP) is 1.40. The Kier molecular flexibility index (Phi) is 5.57. The lowest BCUT2D eigenvalue weighted by molar-refractivity contribution is -0.131. The number of rotatable bonds is 6. The van der Waals surface area contributed by atoms with Crippen LogP contribution in [0.5, 0.6) is 0 Å². The number of hydrogen-bond acceptors (Lipinski definition) is 5. The number of amides is 1. The van der Waals surface area contributed by atoms with Crippen molar-refractivity contribution in [3.8, 4) is 0 Å². The highest BCUT2D eigenvalue weighted by Crippen LogP contribution is 2.50. The van der Waals surface area contributed by atoms with E-state index in [-0.39, 0.29) is 18.3 Å². The summed E-state index contributed by atoms with van der Waals surface area (Å²) in [5.41, 5.74) is 0. The number of hydrogen-bond donors (Lipinski definition) is 0. The highest BCUT2D eigenvalue weighted by atomic mass is 31.2. The predicted molar refractivity (Wildman–Crippen MR) is 55.2 cm³/mol. The van der Waals surface area contributed by atoms with Crippen LogP contribution in [0.3, 0.4) is 0 Å². The third kappa shape index (κ3) is 5.57. The summed E-state index contributed by atoms with van der Waals surface area (Å²) >= 11 is 0. The van der Waals surface area contributed by atoms with Crippen LogP contribution in [0.4, 0.5) is 0 Å². The molecule has 0 aliphatic rings. The number of phosphoric acid groups is 1. The minimum absolute atomic E-state index is 0.192. The highest BCUT2D eigenvalue weighted by molar-refractivity contribution is 7.48. The Labute approximate surface area is 89.4 Å². The molecule has 0 aromatic heterocycles. The number of carbonyl (C=O) groups excluding carboxylic acids is 1. The van der Waals surface area contributed by atoms with E-state index >= 15 is 0 Å². The Morgan fingerprint density at radius 3 is 2.33 bits per heavy atom. The van der Waals surface area contributed by atoms with Crippen molar-refractivity contribution in [3.63, 3.8) is 0 Å². The van der Waals surface area contributed by atoms with Crippen molar-refractivity contribution in [2.45, 2.75) is 6.92 Å². The molecule has 0 saturated carbocycles. The van der Waals surface area contributed by atoms with Crippen molar-refractivity contribution in [1.29, 1.82) is 0 Å². The molecule has 0 aromatic rings. The van der Waals surface area contributed by atoms with E-state index in [1.807, 2.05) is 0 Å². The van der Waals surface area contributed by atoms with Crippen molar-refractivity contribution >= 4 is 13.7 Å². The van der Waals surface area contributed by atoms with Gasteiger partial charge in [0.25, 0.3) is 0 Å². The van der Waals surface area contributed by atoms with E-state index in [0.29, 0.717) is 0 Å². The second-order valence-electron chi connectivity index (χ2n) is 2.98. The zero-order valence-corrected chi connectivity index (χ0v) is 10.2. The summed E-state index contributed by atoms with van der Waals surface area (Å²) in [4.78, 5) is 12.4. The van der Waals surface area contributed by atoms with Gasteiger partial charge in [-0.25, -0.2) is 4.57 Å². The molecule has 0 aliphatic carbocycles. The van der Waals surface area contributed by atoms with Gasteiger partial charge in [0.2, 0.25) is 5.91 Å². The normalized spacial score (nSPS) is 14.1. The van der Waals surface area contributed by atoms with Crippen molar-refractivity contribution in [2.24, 2.45) is 0 Å². The fourth-order valence-corrected chi connectivity index (χ4v) is 1.45. The van der Waals surface area contributed by atoms with E-state index in [1.165, 1.54) is 18.9 Å². The Morgan fingerprint density at radius 1 is 1.47 bits per heavy atom. The van der Waals surface area contributed by atoms with Crippen molar-refractivity contribution in [3.05, 3.63) is 12.3 Å². The molecular weight excluding hydrogens is 221 g/mol. The first kappa shape index (κ1) is 14.2. The maximum absolute atomic E-state index is 11.6. The van der Waals surface area contributed by atoms with Crippen LogP contribution in [-0.4, -0.2) is 38.6 Å². The number of likely N-dealkylation sites (N-methyl/N-ethyl adjacent to an activating group) is 1. The second kappa shape index (κ2) is 5.90. The van der Waals surface area contributed by atoms with E-state index in [0.717, 1.165) is 0 Å². The molecule has 1 amide bonds. The van der Waals surface area contributed by atoms with Crippen molar-refractivity contribution in [2.75, 3.05) is 27.8 Å². The lowest BCUT2D eigenvalue weighted by Gasteiger charge is -2.17. The molecule has 0 fully saturated rings. The number of carbonyl (C=O) groups is 1. The summed E-state index contributed by atoms with van der Waals surface area (Å²) in [7, 11) is 0.591.